The van der Waals surface area contributed by atoms with Crippen molar-refractivity contribution in [2.24, 2.45) is 5.92 Å². The predicted octanol–water partition coefficient (Wildman–Crippen LogP) is 4.07. The zero-order valence-electron chi connectivity index (χ0n) is 11.4. The van der Waals surface area contributed by atoms with Crippen molar-refractivity contribution in [3.8, 4) is 5.88 Å². The van der Waals surface area contributed by atoms with Crippen LogP contribution in [0.1, 0.15) is 37.7 Å². The van der Waals surface area contributed by atoms with Gasteiger partial charge in [0.25, 0.3) is 0 Å². The SMILES string of the molecule is CC(c1cnc(OCC2CC2)c(Cl)c1)C1CC(Cl)=CN1. The molecule has 0 spiro atoms. The molecule has 20 heavy (non-hydrogen) atoms. The average molecular weight is 313 g/mol. The zero-order chi connectivity index (χ0) is 14.1. The second kappa shape index (κ2) is 5.82. The molecule has 0 saturated heterocycles. The average Bonchev–Trinajstić information content (AvgIpc) is 3.17. The topological polar surface area (TPSA) is 34.1 Å². The Morgan fingerprint density at radius 3 is 2.85 bits per heavy atom. The second-order valence-electron chi connectivity index (χ2n) is 5.67. The van der Waals surface area contributed by atoms with Gasteiger partial charge in [-0.25, -0.2) is 4.98 Å². The maximum absolute atomic E-state index is 6.27. The van der Waals surface area contributed by atoms with Gasteiger partial charge in [0.1, 0.15) is 5.02 Å². The van der Waals surface area contributed by atoms with E-state index in [1.807, 2.05) is 18.5 Å². The molecule has 2 aliphatic rings. The number of halogens is 2. The number of ether oxygens (including phenoxy) is 1. The maximum Gasteiger partial charge on any atom is 0.232 e. The molecule has 5 heteroatoms. The summed E-state index contributed by atoms with van der Waals surface area (Å²) >= 11 is 12.3. The van der Waals surface area contributed by atoms with Gasteiger partial charge in [-0.05, 0) is 30.4 Å². The molecule has 1 aromatic heterocycles. The highest BCUT2D eigenvalue weighted by molar-refractivity contribution is 6.31. The predicted molar refractivity (Wildman–Crippen MR) is 81.4 cm³/mol. The molecule has 1 fully saturated rings. The molecule has 1 N–H and O–H groups in total. The molecule has 108 valence electrons. The minimum atomic E-state index is 0.296. The molecule has 0 amide bonds. The lowest BCUT2D eigenvalue weighted by Gasteiger charge is -2.20. The van der Waals surface area contributed by atoms with Crippen molar-refractivity contribution in [1.29, 1.82) is 0 Å². The first-order valence-electron chi connectivity index (χ1n) is 7.02. The smallest absolute Gasteiger partial charge is 0.232 e. The van der Waals surface area contributed by atoms with Gasteiger partial charge in [-0.15, -0.1) is 0 Å². The molecule has 2 atom stereocenters. The largest absolute Gasteiger partial charge is 0.476 e. The van der Waals surface area contributed by atoms with Crippen LogP contribution in [0.15, 0.2) is 23.5 Å². The van der Waals surface area contributed by atoms with Crippen LogP contribution in [0.3, 0.4) is 0 Å². The van der Waals surface area contributed by atoms with E-state index < -0.39 is 0 Å². The fraction of sp³-hybridized carbons (Fsp3) is 0.533. The number of pyridine rings is 1. The van der Waals surface area contributed by atoms with E-state index in [4.69, 9.17) is 27.9 Å². The zero-order valence-corrected chi connectivity index (χ0v) is 12.9. The van der Waals surface area contributed by atoms with Gasteiger partial charge in [-0.2, -0.15) is 0 Å². The first-order chi connectivity index (χ1) is 9.63. The summed E-state index contributed by atoms with van der Waals surface area (Å²) in [4.78, 5) is 4.36. The van der Waals surface area contributed by atoms with Gasteiger partial charge in [0.2, 0.25) is 5.88 Å². The molecule has 3 rings (SSSR count). The summed E-state index contributed by atoms with van der Waals surface area (Å²) in [5.41, 5.74) is 1.10. The Labute approximate surface area is 129 Å². The van der Waals surface area contributed by atoms with Crippen LogP contribution < -0.4 is 10.1 Å². The summed E-state index contributed by atoms with van der Waals surface area (Å²) in [6.45, 7) is 2.88. The third-order valence-electron chi connectivity index (χ3n) is 3.98. The van der Waals surface area contributed by atoms with Gasteiger partial charge in [-0.3, -0.25) is 0 Å². The van der Waals surface area contributed by atoms with Crippen LogP contribution >= 0.6 is 23.2 Å². The molecule has 1 aliphatic heterocycles. The Balaban J connectivity index is 1.65. The van der Waals surface area contributed by atoms with E-state index in [0.717, 1.165) is 23.6 Å². The van der Waals surface area contributed by atoms with Crippen molar-refractivity contribution < 1.29 is 4.74 Å². The number of rotatable bonds is 5. The van der Waals surface area contributed by atoms with Crippen LogP contribution in [0.4, 0.5) is 0 Å². The van der Waals surface area contributed by atoms with Gasteiger partial charge in [0.05, 0.1) is 6.61 Å². The summed E-state index contributed by atoms with van der Waals surface area (Å²) in [5.74, 6) is 1.54. The van der Waals surface area contributed by atoms with Crippen LogP contribution in [0.25, 0.3) is 0 Å². The van der Waals surface area contributed by atoms with E-state index in [0.29, 0.717) is 28.8 Å². The Hall–Kier alpha value is -0.930. The number of aromatic nitrogens is 1. The monoisotopic (exact) mass is 312 g/mol. The fourth-order valence-electron chi connectivity index (χ4n) is 2.36. The molecule has 2 unspecified atom stereocenters. The van der Waals surface area contributed by atoms with Crippen molar-refractivity contribution in [3.63, 3.8) is 0 Å². The summed E-state index contributed by atoms with van der Waals surface area (Å²) in [6, 6.07) is 2.26. The summed E-state index contributed by atoms with van der Waals surface area (Å²) < 4.78 is 5.65. The summed E-state index contributed by atoms with van der Waals surface area (Å²) in [7, 11) is 0. The summed E-state index contributed by atoms with van der Waals surface area (Å²) in [5, 5.41) is 4.75. The van der Waals surface area contributed by atoms with E-state index in [1.54, 1.807) is 0 Å². The highest BCUT2D eigenvalue weighted by atomic mass is 35.5. The van der Waals surface area contributed by atoms with E-state index >= 15 is 0 Å². The van der Waals surface area contributed by atoms with Crippen molar-refractivity contribution in [2.75, 3.05) is 6.61 Å². The Morgan fingerprint density at radius 2 is 2.25 bits per heavy atom. The molecule has 0 bridgehead atoms. The minimum Gasteiger partial charge on any atom is -0.476 e. The first-order valence-corrected chi connectivity index (χ1v) is 7.78. The van der Waals surface area contributed by atoms with E-state index in [1.165, 1.54) is 12.8 Å². The van der Waals surface area contributed by atoms with E-state index in [-0.39, 0.29) is 0 Å². The number of hydrogen-bond donors (Lipinski definition) is 1. The molecule has 3 nitrogen and oxygen atoms in total. The number of nitrogens with one attached hydrogen (secondary N) is 1. The molecular weight excluding hydrogens is 295 g/mol. The fourth-order valence-corrected chi connectivity index (χ4v) is 2.81. The Morgan fingerprint density at radius 1 is 1.45 bits per heavy atom. The third kappa shape index (κ3) is 3.21. The first kappa shape index (κ1) is 14.0. The molecule has 1 aliphatic carbocycles. The highest BCUT2D eigenvalue weighted by Gasteiger charge is 2.25. The third-order valence-corrected chi connectivity index (χ3v) is 4.51. The van der Waals surface area contributed by atoms with Crippen LogP contribution in [0.2, 0.25) is 5.02 Å². The Kier molecular flexibility index (Phi) is 4.08. The van der Waals surface area contributed by atoms with Crippen molar-refractivity contribution >= 4 is 23.2 Å². The summed E-state index contributed by atoms with van der Waals surface area (Å²) in [6.07, 6.45) is 7.08. The molecule has 1 aromatic rings. The standard InChI is InChI=1S/C15H18Cl2N2O/c1-9(14-5-12(16)7-18-14)11-4-13(17)15(19-6-11)20-8-10-2-3-10/h4,6-7,9-10,14,18H,2-3,5,8H2,1H3. The highest BCUT2D eigenvalue weighted by Crippen LogP contribution is 2.33. The van der Waals surface area contributed by atoms with Crippen LogP contribution in [0.5, 0.6) is 5.88 Å². The molecular formula is C15H18Cl2N2O. The molecule has 0 aromatic carbocycles. The van der Waals surface area contributed by atoms with Gasteiger partial charge in [-0.1, -0.05) is 30.1 Å². The normalized spacial score (nSPS) is 23.1. The second-order valence-corrected chi connectivity index (χ2v) is 6.56. The number of hydrogen-bond acceptors (Lipinski definition) is 3. The molecule has 1 saturated carbocycles. The minimum absolute atomic E-state index is 0.296. The van der Waals surface area contributed by atoms with Crippen molar-refractivity contribution in [1.82, 2.24) is 10.3 Å². The van der Waals surface area contributed by atoms with Crippen LogP contribution in [-0.4, -0.2) is 17.6 Å². The van der Waals surface area contributed by atoms with Crippen LogP contribution in [-0.2, 0) is 0 Å². The lowest BCUT2D eigenvalue weighted by atomic mass is 9.93. The van der Waals surface area contributed by atoms with Gasteiger partial charge < -0.3 is 10.1 Å². The van der Waals surface area contributed by atoms with Crippen molar-refractivity contribution in [3.05, 3.63) is 34.1 Å². The maximum atomic E-state index is 6.27. The van der Waals surface area contributed by atoms with Crippen molar-refractivity contribution in [2.45, 2.75) is 38.1 Å². The molecule has 2 heterocycles. The Bertz CT molecular complexity index is 529. The lowest BCUT2D eigenvalue weighted by molar-refractivity contribution is 0.288. The van der Waals surface area contributed by atoms with Gasteiger partial charge in [0.15, 0.2) is 0 Å². The lowest BCUT2D eigenvalue weighted by Crippen LogP contribution is -2.25. The van der Waals surface area contributed by atoms with E-state index in [9.17, 15) is 0 Å². The van der Waals surface area contributed by atoms with Gasteiger partial charge >= 0.3 is 0 Å². The molecule has 0 radical (unpaired) electrons. The van der Waals surface area contributed by atoms with Gasteiger partial charge in [0, 0.05) is 35.8 Å². The van der Waals surface area contributed by atoms with Crippen LogP contribution in [0, 0.1) is 5.92 Å². The van der Waals surface area contributed by atoms with E-state index in [2.05, 4.69) is 17.2 Å². The number of nitrogens with zero attached hydrogens (tertiary/aromatic N) is 1. The quantitative estimate of drug-likeness (QED) is 0.890.